The van der Waals surface area contributed by atoms with Gasteiger partial charge >= 0.3 is 0 Å². The maximum absolute atomic E-state index is 12.4. The molecule has 1 aliphatic heterocycles. The van der Waals surface area contributed by atoms with Gasteiger partial charge in [-0.25, -0.2) is 0 Å². The molecule has 2 aliphatic rings. The highest BCUT2D eigenvalue weighted by Gasteiger charge is 2.17. The van der Waals surface area contributed by atoms with E-state index in [1.165, 1.54) is 49.7 Å². The summed E-state index contributed by atoms with van der Waals surface area (Å²) in [7, 11) is 0. The zero-order valence-electron chi connectivity index (χ0n) is 11.7. The number of hydrogen-bond donors (Lipinski definition) is 0. The Bertz CT molecular complexity index is 460. The summed E-state index contributed by atoms with van der Waals surface area (Å²) in [5.41, 5.74) is 3.79. The minimum atomic E-state index is 0.301. The molecule has 1 aliphatic carbocycles. The van der Waals surface area contributed by atoms with Crippen molar-refractivity contribution in [2.45, 2.75) is 44.9 Å². The number of aryl methyl sites for hydroxylation is 2. The van der Waals surface area contributed by atoms with Crippen molar-refractivity contribution in [3.63, 3.8) is 0 Å². The van der Waals surface area contributed by atoms with E-state index in [2.05, 4.69) is 17.0 Å². The lowest BCUT2D eigenvalue weighted by Crippen LogP contribution is -2.34. The van der Waals surface area contributed by atoms with Crippen molar-refractivity contribution in [1.82, 2.24) is 4.90 Å². The van der Waals surface area contributed by atoms with Crippen LogP contribution in [-0.4, -0.2) is 30.3 Å². The van der Waals surface area contributed by atoms with E-state index in [9.17, 15) is 4.79 Å². The third-order valence-electron chi connectivity index (χ3n) is 4.49. The molecule has 2 heteroatoms. The second-order valence-electron chi connectivity index (χ2n) is 5.95. The maximum atomic E-state index is 12.4. The third-order valence-corrected chi connectivity index (χ3v) is 4.49. The summed E-state index contributed by atoms with van der Waals surface area (Å²) in [6, 6.07) is 6.37. The molecular formula is C17H23NO. The molecule has 0 N–H and O–H groups in total. The molecule has 0 radical (unpaired) electrons. The zero-order valence-corrected chi connectivity index (χ0v) is 11.7. The summed E-state index contributed by atoms with van der Waals surface area (Å²) >= 11 is 0. The Morgan fingerprint density at radius 3 is 2.47 bits per heavy atom. The van der Waals surface area contributed by atoms with Crippen LogP contribution in [0, 0.1) is 0 Å². The first-order valence-electron chi connectivity index (χ1n) is 7.70. The number of hydrogen-bond acceptors (Lipinski definition) is 2. The molecule has 0 saturated carbocycles. The van der Waals surface area contributed by atoms with Crippen LogP contribution in [0.1, 0.15) is 53.6 Å². The number of ketones is 1. The Morgan fingerprint density at radius 1 is 0.947 bits per heavy atom. The van der Waals surface area contributed by atoms with E-state index in [0.29, 0.717) is 12.3 Å². The highest BCUT2D eigenvalue weighted by Crippen LogP contribution is 2.22. The van der Waals surface area contributed by atoms with Gasteiger partial charge in [0.2, 0.25) is 0 Å². The number of rotatable bonds is 3. The second-order valence-corrected chi connectivity index (χ2v) is 5.95. The standard InChI is InChI=1S/C17H23NO/c19-17(13-18-10-4-1-5-11-18)16-9-8-14-6-2-3-7-15(14)12-16/h8-9,12H,1-7,10-11,13H2. The van der Waals surface area contributed by atoms with Crippen LogP contribution in [0.25, 0.3) is 0 Å². The lowest BCUT2D eigenvalue weighted by Gasteiger charge is -2.25. The number of benzene rings is 1. The van der Waals surface area contributed by atoms with Gasteiger partial charge in [0.15, 0.2) is 5.78 Å². The van der Waals surface area contributed by atoms with Gasteiger partial charge in [0.05, 0.1) is 6.54 Å². The summed E-state index contributed by atoms with van der Waals surface area (Å²) in [6.45, 7) is 2.80. The maximum Gasteiger partial charge on any atom is 0.176 e. The Balaban J connectivity index is 1.69. The monoisotopic (exact) mass is 257 g/mol. The summed E-state index contributed by atoms with van der Waals surface area (Å²) in [4.78, 5) is 14.7. The van der Waals surface area contributed by atoms with E-state index in [-0.39, 0.29) is 0 Å². The van der Waals surface area contributed by atoms with E-state index in [1.54, 1.807) is 0 Å². The number of carbonyl (C=O) groups is 1. The Hall–Kier alpha value is -1.15. The van der Waals surface area contributed by atoms with Gasteiger partial charge in [0, 0.05) is 5.56 Å². The molecule has 1 aromatic carbocycles. The lowest BCUT2D eigenvalue weighted by atomic mass is 9.89. The van der Waals surface area contributed by atoms with Crippen LogP contribution < -0.4 is 0 Å². The van der Waals surface area contributed by atoms with Crippen molar-refractivity contribution >= 4 is 5.78 Å². The minimum absolute atomic E-state index is 0.301. The first kappa shape index (κ1) is 12.9. The van der Waals surface area contributed by atoms with E-state index in [0.717, 1.165) is 25.1 Å². The molecule has 3 rings (SSSR count). The minimum Gasteiger partial charge on any atom is -0.296 e. The number of likely N-dealkylation sites (tertiary alicyclic amines) is 1. The molecular weight excluding hydrogens is 234 g/mol. The van der Waals surface area contributed by atoms with Crippen LogP contribution in [-0.2, 0) is 12.8 Å². The molecule has 0 spiro atoms. The topological polar surface area (TPSA) is 20.3 Å². The van der Waals surface area contributed by atoms with Crippen LogP contribution in [0.3, 0.4) is 0 Å². The highest BCUT2D eigenvalue weighted by atomic mass is 16.1. The average molecular weight is 257 g/mol. The second kappa shape index (κ2) is 5.87. The smallest absolute Gasteiger partial charge is 0.176 e. The van der Waals surface area contributed by atoms with Crippen LogP contribution in [0.4, 0.5) is 0 Å². The molecule has 0 atom stereocenters. The highest BCUT2D eigenvalue weighted by molar-refractivity contribution is 5.97. The fourth-order valence-corrected chi connectivity index (χ4v) is 3.32. The molecule has 1 heterocycles. The number of Topliss-reactive ketones (excluding diaryl/α,β-unsaturated/α-hetero) is 1. The van der Waals surface area contributed by atoms with Gasteiger partial charge in [-0.15, -0.1) is 0 Å². The van der Waals surface area contributed by atoms with Crippen molar-refractivity contribution in [3.05, 3.63) is 34.9 Å². The van der Waals surface area contributed by atoms with Crippen molar-refractivity contribution in [1.29, 1.82) is 0 Å². The molecule has 0 aromatic heterocycles. The predicted molar refractivity (Wildman–Crippen MR) is 77.7 cm³/mol. The van der Waals surface area contributed by atoms with Crippen molar-refractivity contribution in [3.8, 4) is 0 Å². The Kier molecular flexibility index (Phi) is 3.97. The van der Waals surface area contributed by atoms with Gasteiger partial charge in [-0.3, -0.25) is 9.69 Å². The average Bonchev–Trinajstić information content (AvgIpc) is 2.48. The van der Waals surface area contributed by atoms with Crippen LogP contribution >= 0.6 is 0 Å². The number of piperidine rings is 1. The fraction of sp³-hybridized carbons (Fsp3) is 0.588. The van der Waals surface area contributed by atoms with Crippen LogP contribution in [0.2, 0.25) is 0 Å². The third kappa shape index (κ3) is 3.06. The molecule has 2 nitrogen and oxygen atoms in total. The number of carbonyl (C=O) groups excluding carboxylic acids is 1. The van der Waals surface area contributed by atoms with E-state index < -0.39 is 0 Å². The molecule has 1 aromatic rings. The quantitative estimate of drug-likeness (QED) is 0.775. The van der Waals surface area contributed by atoms with Gasteiger partial charge in [-0.2, -0.15) is 0 Å². The molecule has 102 valence electrons. The zero-order chi connectivity index (χ0) is 13.1. The number of fused-ring (bicyclic) bond motifs is 1. The SMILES string of the molecule is O=C(CN1CCCCC1)c1ccc2c(c1)CCCC2. The fourth-order valence-electron chi connectivity index (χ4n) is 3.32. The lowest BCUT2D eigenvalue weighted by molar-refractivity contribution is 0.0915. The molecule has 1 fully saturated rings. The Labute approximate surface area is 115 Å². The largest absolute Gasteiger partial charge is 0.296 e. The summed E-state index contributed by atoms with van der Waals surface area (Å²) in [6.07, 6.45) is 8.74. The van der Waals surface area contributed by atoms with E-state index in [1.807, 2.05) is 6.07 Å². The van der Waals surface area contributed by atoms with Gasteiger partial charge in [0.1, 0.15) is 0 Å². The predicted octanol–water partition coefficient (Wildman–Crippen LogP) is 3.23. The van der Waals surface area contributed by atoms with Gasteiger partial charge < -0.3 is 0 Å². The number of nitrogens with zero attached hydrogens (tertiary/aromatic N) is 1. The molecule has 0 amide bonds. The van der Waals surface area contributed by atoms with E-state index in [4.69, 9.17) is 0 Å². The van der Waals surface area contributed by atoms with Crippen molar-refractivity contribution in [2.24, 2.45) is 0 Å². The van der Waals surface area contributed by atoms with Gasteiger partial charge in [-0.1, -0.05) is 18.6 Å². The normalized spacial score (nSPS) is 20.0. The summed E-state index contributed by atoms with van der Waals surface area (Å²) in [5, 5.41) is 0. The summed E-state index contributed by atoms with van der Waals surface area (Å²) in [5.74, 6) is 0.301. The molecule has 1 saturated heterocycles. The molecule has 19 heavy (non-hydrogen) atoms. The van der Waals surface area contributed by atoms with Crippen molar-refractivity contribution in [2.75, 3.05) is 19.6 Å². The molecule has 0 bridgehead atoms. The van der Waals surface area contributed by atoms with Crippen LogP contribution in [0.15, 0.2) is 18.2 Å². The van der Waals surface area contributed by atoms with E-state index >= 15 is 0 Å². The molecule has 0 unspecified atom stereocenters. The van der Waals surface area contributed by atoms with Gasteiger partial charge in [-0.05, 0) is 68.8 Å². The summed E-state index contributed by atoms with van der Waals surface area (Å²) < 4.78 is 0. The van der Waals surface area contributed by atoms with Crippen molar-refractivity contribution < 1.29 is 4.79 Å². The first-order chi connectivity index (χ1) is 9.33. The van der Waals surface area contributed by atoms with Crippen LogP contribution in [0.5, 0.6) is 0 Å². The first-order valence-corrected chi connectivity index (χ1v) is 7.70. The Morgan fingerprint density at radius 2 is 1.68 bits per heavy atom. The van der Waals surface area contributed by atoms with Gasteiger partial charge in [0.25, 0.3) is 0 Å².